The van der Waals surface area contributed by atoms with Crippen molar-refractivity contribution in [3.8, 4) is 5.75 Å². The van der Waals surface area contributed by atoms with Crippen LogP contribution in [0.2, 0.25) is 24.7 Å². The molecule has 2 aliphatic heterocycles. The lowest BCUT2D eigenvalue weighted by Crippen LogP contribution is -2.69. The van der Waals surface area contributed by atoms with Crippen molar-refractivity contribution in [3.63, 3.8) is 0 Å². The highest BCUT2D eigenvalue weighted by molar-refractivity contribution is 7.99. The predicted octanol–water partition coefficient (Wildman–Crippen LogP) is 9.71. The van der Waals surface area contributed by atoms with Crippen LogP contribution in [0.4, 0.5) is 0 Å². The lowest BCUT2D eigenvalue weighted by atomic mass is 9.81. The lowest BCUT2D eigenvalue weighted by Gasteiger charge is -2.52. The molecule has 2 fully saturated rings. The number of ether oxygens (including phenoxy) is 5. The number of azide groups is 1. The maximum Gasteiger partial charge on any atom is 0.338 e. The molecule has 0 spiro atoms. The number of nitrogens with zero attached hydrogens (tertiary/aromatic N) is 3. The first-order chi connectivity index (χ1) is 32.1. The van der Waals surface area contributed by atoms with Gasteiger partial charge in [-0.2, -0.15) is 0 Å². The maximum absolute atomic E-state index is 14.6. The third-order valence-electron chi connectivity index (χ3n) is 12.2. The van der Waals surface area contributed by atoms with Crippen LogP contribution in [0, 0.1) is 0 Å². The van der Waals surface area contributed by atoms with Crippen LogP contribution >= 0.6 is 11.8 Å². The largest absolute Gasteiger partial charge is 0.497 e. The SMILES string of the molecule is COc1ccc(C[C@@]2(OC(=O)c3ccccc3)C[C@@H](OC[C@H]3O[C@H](Sc4ccccc4)C[C@@H](N=[N+]=[N-])[C@H]3O)O[C@H](CO[Si](c3ccccc3)(c3ccccc3)C(C)(C)C)[C@@H]2O[Si](C)(C)C)cc1. The first-order valence-electron chi connectivity index (χ1n) is 22.8. The topological polar surface area (TPSA) is 151 Å². The second kappa shape index (κ2) is 22.1. The minimum absolute atomic E-state index is 0.0623. The summed E-state index contributed by atoms with van der Waals surface area (Å²) in [6.45, 7) is 12.9. The Kier molecular flexibility index (Phi) is 16.5. The Balaban J connectivity index is 1.32. The second-order valence-electron chi connectivity index (χ2n) is 19.1. The molecule has 67 heavy (non-hydrogen) atoms. The minimum atomic E-state index is -3.15. The van der Waals surface area contributed by atoms with E-state index in [9.17, 15) is 15.4 Å². The van der Waals surface area contributed by atoms with Crippen LogP contribution in [0.15, 0.2) is 156 Å². The van der Waals surface area contributed by atoms with Crippen LogP contribution in [0.5, 0.6) is 5.75 Å². The van der Waals surface area contributed by atoms with E-state index in [1.54, 1.807) is 19.2 Å². The van der Waals surface area contributed by atoms with Gasteiger partial charge in [0.2, 0.25) is 0 Å². The summed E-state index contributed by atoms with van der Waals surface area (Å²) < 4.78 is 47.7. The highest BCUT2D eigenvalue weighted by atomic mass is 32.2. The van der Waals surface area contributed by atoms with E-state index in [1.807, 2.05) is 109 Å². The van der Waals surface area contributed by atoms with Gasteiger partial charge in [-0.05, 0) is 89.0 Å². The summed E-state index contributed by atoms with van der Waals surface area (Å²) in [5.74, 6) is 0.169. The van der Waals surface area contributed by atoms with Gasteiger partial charge in [0.05, 0.1) is 38.0 Å². The van der Waals surface area contributed by atoms with Gasteiger partial charge >= 0.3 is 5.97 Å². The fourth-order valence-corrected chi connectivity index (χ4v) is 16.0. The second-order valence-corrected chi connectivity index (χ2v) is 29.1. The van der Waals surface area contributed by atoms with Crippen molar-refractivity contribution in [1.29, 1.82) is 0 Å². The van der Waals surface area contributed by atoms with Gasteiger partial charge in [0, 0.05) is 22.6 Å². The zero-order valence-corrected chi connectivity index (χ0v) is 42.2. The highest BCUT2D eigenvalue weighted by Gasteiger charge is 2.57. The van der Waals surface area contributed by atoms with Crippen LogP contribution in [-0.4, -0.2) is 95.8 Å². The smallest absolute Gasteiger partial charge is 0.338 e. The third kappa shape index (κ3) is 12.3. The monoisotopic (exact) mass is 961 g/mol. The molecule has 2 heterocycles. The highest BCUT2D eigenvalue weighted by Crippen LogP contribution is 2.43. The first-order valence-corrected chi connectivity index (χ1v) is 29.0. The molecule has 7 rings (SSSR count). The molecular weight excluding hydrogens is 899 g/mol. The minimum Gasteiger partial charge on any atom is -0.497 e. The number of aliphatic hydroxyl groups excluding tert-OH is 1. The van der Waals surface area contributed by atoms with Crippen LogP contribution in [0.3, 0.4) is 0 Å². The number of hydrogen-bond donors (Lipinski definition) is 1. The summed E-state index contributed by atoms with van der Waals surface area (Å²) in [5, 5.41) is 17.4. The molecule has 0 radical (unpaired) electrons. The Morgan fingerprint density at radius 1 is 0.821 bits per heavy atom. The van der Waals surface area contributed by atoms with Crippen LogP contribution < -0.4 is 15.1 Å². The van der Waals surface area contributed by atoms with E-state index in [4.69, 9.17) is 32.5 Å². The zero-order chi connectivity index (χ0) is 47.7. The van der Waals surface area contributed by atoms with Crippen molar-refractivity contribution in [2.24, 2.45) is 5.11 Å². The van der Waals surface area contributed by atoms with Crippen molar-refractivity contribution in [2.75, 3.05) is 20.3 Å². The molecule has 12 nitrogen and oxygen atoms in total. The molecule has 0 saturated carbocycles. The number of benzene rings is 5. The standard InChI is InChI=1S/C52H63N3O9SSi2/c1-51(2,3)67(41-24-16-10-17-25-41,42-26-18-11-19-27-42)60-36-45-49(64-66(5,6)7)52(33-37-28-30-39(58-4)31-29-37,63-50(57)38-20-12-8-13-21-38)34-46(61-45)59-35-44-48(56)43(54-55-53)32-47(62-44)65-40-22-14-9-15-23-40/h8-31,43-49,56H,32-36H2,1-7H3/t43-,44-,45-,46+,47-,48-,49+,52-/m1/s1. The summed E-state index contributed by atoms with van der Waals surface area (Å²) in [4.78, 5) is 18.6. The van der Waals surface area contributed by atoms with E-state index < -0.39 is 70.4 Å². The van der Waals surface area contributed by atoms with Gasteiger partial charge in [-0.15, -0.1) is 0 Å². The molecule has 0 amide bonds. The summed E-state index contributed by atoms with van der Waals surface area (Å²) in [6, 6.07) is 46.5. The van der Waals surface area contributed by atoms with E-state index >= 15 is 0 Å². The summed E-state index contributed by atoms with van der Waals surface area (Å²) in [6.07, 6.45) is -4.11. The summed E-state index contributed by atoms with van der Waals surface area (Å²) in [7, 11) is -4.01. The molecule has 8 atom stereocenters. The van der Waals surface area contributed by atoms with Crippen molar-refractivity contribution in [3.05, 3.63) is 167 Å². The maximum atomic E-state index is 14.6. The number of esters is 1. The van der Waals surface area contributed by atoms with Gasteiger partial charge in [-0.1, -0.05) is 147 Å². The van der Waals surface area contributed by atoms with Crippen LogP contribution in [-0.2, 0) is 34.2 Å². The van der Waals surface area contributed by atoms with Crippen molar-refractivity contribution in [1.82, 2.24) is 0 Å². The van der Waals surface area contributed by atoms with Gasteiger partial charge in [-0.3, -0.25) is 0 Å². The Labute approximate surface area is 401 Å². The van der Waals surface area contributed by atoms with Gasteiger partial charge in [0.25, 0.3) is 8.32 Å². The normalized spacial score (nSPS) is 24.6. The molecule has 354 valence electrons. The number of carbonyl (C=O) groups excluding carboxylic acids is 1. The Hall–Kier alpha value is -4.78. The van der Waals surface area contributed by atoms with E-state index in [0.29, 0.717) is 17.7 Å². The number of thioether (sulfide) groups is 1. The Morgan fingerprint density at radius 2 is 1.40 bits per heavy atom. The average Bonchev–Trinajstić information content (AvgIpc) is 3.31. The molecule has 2 aliphatic rings. The predicted molar refractivity (Wildman–Crippen MR) is 267 cm³/mol. The lowest BCUT2D eigenvalue weighted by molar-refractivity contribution is -0.288. The molecular formula is C52H63N3O9SSi2. The van der Waals surface area contributed by atoms with Gasteiger partial charge in [0.1, 0.15) is 35.1 Å². The average molecular weight is 962 g/mol. The molecule has 5 aromatic carbocycles. The summed E-state index contributed by atoms with van der Waals surface area (Å²) >= 11 is 1.49. The Bertz CT molecular complexity index is 2350. The Morgan fingerprint density at radius 3 is 1.96 bits per heavy atom. The first kappa shape index (κ1) is 50.1. The molecule has 0 aliphatic carbocycles. The van der Waals surface area contributed by atoms with E-state index in [2.05, 4.69) is 74.7 Å². The molecule has 15 heteroatoms. The molecule has 2 saturated heterocycles. The van der Waals surface area contributed by atoms with E-state index in [-0.39, 0.29) is 31.1 Å². The molecule has 0 aromatic heterocycles. The zero-order valence-electron chi connectivity index (χ0n) is 39.4. The number of methoxy groups -OCH3 is 1. The van der Waals surface area contributed by atoms with Crippen molar-refractivity contribution in [2.45, 2.75) is 117 Å². The fourth-order valence-electron chi connectivity index (χ4n) is 9.19. The number of carbonyl (C=O) groups is 1. The molecule has 0 unspecified atom stereocenters. The van der Waals surface area contributed by atoms with E-state index in [0.717, 1.165) is 20.8 Å². The number of rotatable bonds is 18. The molecule has 5 aromatic rings. The number of hydrogen-bond acceptors (Lipinski definition) is 11. The quantitative estimate of drug-likeness (QED) is 0.0296. The third-order valence-corrected chi connectivity index (χ3v) is 19.3. The fraction of sp³-hybridized carbons (Fsp3) is 0.404. The molecule has 0 bridgehead atoms. The van der Waals surface area contributed by atoms with E-state index in [1.165, 1.54) is 11.8 Å². The van der Waals surface area contributed by atoms with Crippen molar-refractivity contribution < 1.29 is 42.4 Å². The van der Waals surface area contributed by atoms with Gasteiger partial charge in [0.15, 0.2) is 14.6 Å². The molecule has 1 N–H and O–H groups in total. The van der Waals surface area contributed by atoms with Gasteiger partial charge in [-0.25, -0.2) is 4.79 Å². The van der Waals surface area contributed by atoms with Crippen LogP contribution in [0.1, 0.15) is 49.5 Å². The van der Waals surface area contributed by atoms with Crippen LogP contribution in [0.25, 0.3) is 10.4 Å². The van der Waals surface area contributed by atoms with Gasteiger partial charge < -0.3 is 37.6 Å². The number of aliphatic hydroxyl groups is 1. The van der Waals surface area contributed by atoms with Crippen molar-refractivity contribution >= 4 is 44.7 Å². The summed E-state index contributed by atoms with van der Waals surface area (Å²) in [5.41, 5.74) is 8.96.